The molecule has 0 aliphatic carbocycles. The zero-order valence-corrected chi connectivity index (χ0v) is 10.3. The van der Waals surface area contributed by atoms with Gasteiger partial charge in [0.1, 0.15) is 6.04 Å². The second-order valence-electron chi connectivity index (χ2n) is 3.79. The predicted octanol–water partition coefficient (Wildman–Crippen LogP) is 1.43. The molecule has 1 unspecified atom stereocenters. The van der Waals surface area contributed by atoms with Gasteiger partial charge < -0.3 is 20.5 Å². The number of hydrogen-bond donors (Lipinski definition) is 3. The first-order valence-corrected chi connectivity index (χ1v) is 5.41. The molecule has 98 valence electrons. The molecule has 0 bridgehead atoms. The van der Waals surface area contributed by atoms with Crippen molar-refractivity contribution in [2.45, 2.75) is 19.6 Å². The molecule has 18 heavy (non-hydrogen) atoms. The summed E-state index contributed by atoms with van der Waals surface area (Å²) in [5.41, 5.74) is 1.50. The highest BCUT2D eigenvalue weighted by Gasteiger charge is 2.13. The van der Waals surface area contributed by atoms with E-state index in [1.807, 2.05) is 6.07 Å². The van der Waals surface area contributed by atoms with Gasteiger partial charge in [0.05, 0.1) is 6.61 Å². The lowest BCUT2D eigenvalue weighted by atomic mass is 10.2. The highest BCUT2D eigenvalue weighted by Crippen LogP contribution is 2.11. The van der Waals surface area contributed by atoms with Gasteiger partial charge >= 0.3 is 12.0 Å². The minimum absolute atomic E-state index is 0.447. The first kappa shape index (κ1) is 14.0. The number of urea groups is 1. The van der Waals surface area contributed by atoms with E-state index in [1.165, 1.54) is 6.92 Å². The van der Waals surface area contributed by atoms with Crippen LogP contribution in [0.25, 0.3) is 0 Å². The van der Waals surface area contributed by atoms with Gasteiger partial charge in [-0.3, -0.25) is 4.79 Å². The van der Waals surface area contributed by atoms with Gasteiger partial charge in [-0.1, -0.05) is 12.1 Å². The van der Waals surface area contributed by atoms with Crippen molar-refractivity contribution < 1.29 is 19.4 Å². The summed E-state index contributed by atoms with van der Waals surface area (Å²) in [5.74, 6) is -1.08. The van der Waals surface area contributed by atoms with Crippen LogP contribution in [0.15, 0.2) is 24.3 Å². The SMILES string of the molecule is COCc1cccc(NC(=O)NC(C)C(=O)O)c1. The molecule has 0 spiro atoms. The molecule has 0 saturated carbocycles. The summed E-state index contributed by atoms with van der Waals surface area (Å²) in [4.78, 5) is 22.0. The van der Waals surface area contributed by atoms with Crippen LogP contribution < -0.4 is 10.6 Å². The number of ether oxygens (including phenoxy) is 1. The van der Waals surface area contributed by atoms with E-state index < -0.39 is 18.0 Å². The van der Waals surface area contributed by atoms with Gasteiger partial charge in [0.25, 0.3) is 0 Å². The fourth-order valence-electron chi connectivity index (χ4n) is 1.33. The summed E-state index contributed by atoms with van der Waals surface area (Å²) in [6.45, 7) is 1.84. The summed E-state index contributed by atoms with van der Waals surface area (Å²) >= 11 is 0. The molecular formula is C12H16N2O4. The number of amides is 2. The third-order valence-corrected chi connectivity index (χ3v) is 2.21. The molecule has 0 aliphatic rings. The van der Waals surface area contributed by atoms with Gasteiger partial charge in [-0.15, -0.1) is 0 Å². The Kier molecular flexibility index (Phi) is 5.13. The van der Waals surface area contributed by atoms with Crippen LogP contribution in [0.3, 0.4) is 0 Å². The van der Waals surface area contributed by atoms with E-state index in [-0.39, 0.29) is 0 Å². The molecule has 0 heterocycles. The molecule has 6 heteroatoms. The minimum Gasteiger partial charge on any atom is -0.480 e. The van der Waals surface area contributed by atoms with Crippen molar-refractivity contribution in [2.24, 2.45) is 0 Å². The number of carboxylic acids is 1. The van der Waals surface area contributed by atoms with Crippen LogP contribution in [0.4, 0.5) is 10.5 Å². The fourth-order valence-corrected chi connectivity index (χ4v) is 1.33. The molecule has 0 radical (unpaired) electrons. The third-order valence-electron chi connectivity index (χ3n) is 2.21. The normalized spacial score (nSPS) is 11.7. The molecular weight excluding hydrogens is 236 g/mol. The quantitative estimate of drug-likeness (QED) is 0.739. The number of aliphatic carboxylic acids is 1. The smallest absolute Gasteiger partial charge is 0.325 e. The molecule has 1 atom stereocenters. The lowest BCUT2D eigenvalue weighted by molar-refractivity contribution is -0.138. The second kappa shape index (κ2) is 6.61. The van der Waals surface area contributed by atoms with Crippen molar-refractivity contribution in [1.82, 2.24) is 5.32 Å². The number of methoxy groups -OCH3 is 1. The number of rotatable bonds is 5. The monoisotopic (exact) mass is 252 g/mol. The average Bonchev–Trinajstić information content (AvgIpc) is 2.29. The standard InChI is InChI=1S/C12H16N2O4/c1-8(11(15)16)13-12(17)14-10-5-3-4-9(6-10)7-18-2/h3-6,8H,7H2,1-2H3,(H,15,16)(H2,13,14,17). The van der Waals surface area contributed by atoms with Gasteiger partial charge in [0, 0.05) is 12.8 Å². The van der Waals surface area contributed by atoms with Crippen LogP contribution in [0.2, 0.25) is 0 Å². The maximum absolute atomic E-state index is 11.5. The lowest BCUT2D eigenvalue weighted by Gasteiger charge is -2.11. The molecule has 6 nitrogen and oxygen atoms in total. The molecule has 0 saturated heterocycles. The second-order valence-corrected chi connectivity index (χ2v) is 3.79. The lowest BCUT2D eigenvalue weighted by Crippen LogP contribution is -2.40. The summed E-state index contributed by atoms with van der Waals surface area (Å²) in [6, 6.07) is 5.63. The largest absolute Gasteiger partial charge is 0.480 e. The van der Waals surface area contributed by atoms with Crippen molar-refractivity contribution >= 4 is 17.7 Å². The van der Waals surface area contributed by atoms with Gasteiger partial charge in [0.2, 0.25) is 0 Å². The van der Waals surface area contributed by atoms with Crippen molar-refractivity contribution in [1.29, 1.82) is 0 Å². The van der Waals surface area contributed by atoms with E-state index in [0.717, 1.165) is 5.56 Å². The fraction of sp³-hybridized carbons (Fsp3) is 0.333. The van der Waals surface area contributed by atoms with E-state index in [9.17, 15) is 9.59 Å². The van der Waals surface area contributed by atoms with E-state index >= 15 is 0 Å². The molecule has 3 N–H and O–H groups in total. The number of nitrogens with one attached hydrogen (secondary N) is 2. The summed E-state index contributed by atoms with van der Waals surface area (Å²) in [5, 5.41) is 13.5. The summed E-state index contributed by atoms with van der Waals surface area (Å²) < 4.78 is 4.98. The van der Waals surface area contributed by atoms with Gasteiger partial charge in [-0.25, -0.2) is 4.79 Å². The summed E-state index contributed by atoms with van der Waals surface area (Å²) in [7, 11) is 1.58. The molecule has 1 aromatic rings. The van der Waals surface area contributed by atoms with Gasteiger partial charge in [-0.05, 0) is 24.6 Å². The van der Waals surface area contributed by atoms with E-state index in [4.69, 9.17) is 9.84 Å². The number of anilines is 1. The topological polar surface area (TPSA) is 87.7 Å². The first-order chi connectivity index (χ1) is 8.52. The van der Waals surface area contributed by atoms with Crippen LogP contribution in [0, 0.1) is 0 Å². The Labute approximate surface area is 105 Å². The number of carbonyl (C=O) groups excluding carboxylic acids is 1. The van der Waals surface area contributed by atoms with Crippen LogP contribution >= 0.6 is 0 Å². The van der Waals surface area contributed by atoms with Crippen molar-refractivity contribution in [3.8, 4) is 0 Å². The maximum Gasteiger partial charge on any atom is 0.325 e. The summed E-state index contributed by atoms with van der Waals surface area (Å²) in [6.07, 6.45) is 0. The Morgan fingerprint density at radius 2 is 2.17 bits per heavy atom. The number of benzene rings is 1. The Morgan fingerprint density at radius 3 is 2.78 bits per heavy atom. The van der Waals surface area contributed by atoms with Crippen LogP contribution in [0.1, 0.15) is 12.5 Å². The first-order valence-electron chi connectivity index (χ1n) is 5.41. The van der Waals surface area contributed by atoms with Crippen LogP contribution in [0.5, 0.6) is 0 Å². The zero-order chi connectivity index (χ0) is 13.5. The molecule has 0 fully saturated rings. The zero-order valence-electron chi connectivity index (χ0n) is 10.3. The molecule has 0 aromatic heterocycles. The van der Waals surface area contributed by atoms with Crippen molar-refractivity contribution in [3.63, 3.8) is 0 Å². The van der Waals surface area contributed by atoms with Gasteiger partial charge in [0.15, 0.2) is 0 Å². The van der Waals surface area contributed by atoms with E-state index in [0.29, 0.717) is 12.3 Å². The Morgan fingerprint density at radius 1 is 1.44 bits per heavy atom. The van der Waals surface area contributed by atoms with E-state index in [1.54, 1.807) is 25.3 Å². The van der Waals surface area contributed by atoms with Crippen LogP contribution in [-0.2, 0) is 16.1 Å². The average molecular weight is 252 g/mol. The van der Waals surface area contributed by atoms with Crippen molar-refractivity contribution in [2.75, 3.05) is 12.4 Å². The third kappa shape index (κ3) is 4.42. The Bertz CT molecular complexity index is 434. The highest BCUT2D eigenvalue weighted by molar-refractivity contribution is 5.92. The Hall–Kier alpha value is -2.08. The number of carbonyl (C=O) groups is 2. The van der Waals surface area contributed by atoms with Crippen LogP contribution in [-0.4, -0.2) is 30.3 Å². The van der Waals surface area contributed by atoms with Crippen molar-refractivity contribution in [3.05, 3.63) is 29.8 Å². The highest BCUT2D eigenvalue weighted by atomic mass is 16.5. The predicted molar refractivity (Wildman–Crippen MR) is 66.4 cm³/mol. The molecule has 1 aromatic carbocycles. The van der Waals surface area contributed by atoms with Gasteiger partial charge in [-0.2, -0.15) is 0 Å². The number of carboxylic acid groups (broad SMARTS) is 1. The maximum atomic E-state index is 11.5. The molecule has 0 aliphatic heterocycles. The number of hydrogen-bond acceptors (Lipinski definition) is 3. The molecule has 1 rings (SSSR count). The minimum atomic E-state index is -1.08. The Balaban J connectivity index is 2.58. The molecule has 2 amide bonds. The van der Waals surface area contributed by atoms with E-state index in [2.05, 4.69) is 10.6 Å².